The fourth-order valence-corrected chi connectivity index (χ4v) is 3.02. The van der Waals surface area contributed by atoms with Crippen LogP contribution in [0.15, 0.2) is 12.3 Å². The summed E-state index contributed by atoms with van der Waals surface area (Å²) >= 11 is 6.96. The number of carbonyl (C=O) groups is 3. The van der Waals surface area contributed by atoms with Crippen LogP contribution in [0.25, 0.3) is 0 Å². The molecule has 0 bridgehead atoms. The summed E-state index contributed by atoms with van der Waals surface area (Å²) in [5, 5.41) is 9.30. The van der Waals surface area contributed by atoms with Crippen molar-refractivity contribution < 1.29 is 19.5 Å². The standard InChI is InChI=1S/C13H13ClN2O4S/c1-7(17)21-6-8-2-12(18)16(5-8)10-3-11(14)15-4-9(10)13(19)20/h3-4,8H,2,5-6H2,1H3,(H,19,20). The Bertz CT molecular complexity index is 608. The van der Waals surface area contributed by atoms with E-state index >= 15 is 0 Å². The molecule has 1 N–H and O–H groups in total. The van der Waals surface area contributed by atoms with E-state index in [0.29, 0.717) is 18.7 Å². The number of carboxylic acid groups (broad SMARTS) is 1. The minimum Gasteiger partial charge on any atom is -0.478 e. The molecule has 21 heavy (non-hydrogen) atoms. The number of aromatic nitrogens is 1. The molecule has 0 radical (unpaired) electrons. The highest BCUT2D eigenvalue weighted by molar-refractivity contribution is 8.13. The van der Waals surface area contributed by atoms with E-state index in [2.05, 4.69) is 4.98 Å². The highest BCUT2D eigenvalue weighted by atomic mass is 35.5. The van der Waals surface area contributed by atoms with Gasteiger partial charge in [0.15, 0.2) is 5.12 Å². The minimum absolute atomic E-state index is 0.000852. The van der Waals surface area contributed by atoms with Crippen molar-refractivity contribution in [2.24, 2.45) is 5.92 Å². The van der Waals surface area contributed by atoms with Gasteiger partial charge in [-0.2, -0.15) is 0 Å². The molecule has 1 aromatic rings. The number of carbonyl (C=O) groups excluding carboxylic acids is 2. The topological polar surface area (TPSA) is 87.6 Å². The van der Waals surface area contributed by atoms with Gasteiger partial charge in [0.25, 0.3) is 0 Å². The summed E-state index contributed by atoms with van der Waals surface area (Å²) < 4.78 is 0. The summed E-state index contributed by atoms with van der Waals surface area (Å²) in [4.78, 5) is 39.4. The number of pyridine rings is 1. The number of halogens is 1. The molecule has 1 aliphatic heterocycles. The molecule has 1 aliphatic rings. The van der Waals surface area contributed by atoms with Gasteiger partial charge in [0.05, 0.1) is 5.69 Å². The largest absolute Gasteiger partial charge is 0.478 e. The number of rotatable bonds is 4. The van der Waals surface area contributed by atoms with E-state index in [1.807, 2.05) is 0 Å². The van der Waals surface area contributed by atoms with Crippen molar-refractivity contribution >= 4 is 46.0 Å². The highest BCUT2D eigenvalue weighted by Crippen LogP contribution is 2.31. The Balaban J connectivity index is 2.22. The van der Waals surface area contributed by atoms with Crippen molar-refractivity contribution in [3.8, 4) is 0 Å². The number of anilines is 1. The predicted octanol–water partition coefficient (Wildman–Crippen LogP) is 2.07. The fraction of sp³-hybridized carbons (Fsp3) is 0.385. The zero-order valence-electron chi connectivity index (χ0n) is 11.2. The molecule has 8 heteroatoms. The molecular weight excluding hydrogens is 316 g/mol. The average molecular weight is 329 g/mol. The highest BCUT2D eigenvalue weighted by Gasteiger charge is 2.33. The van der Waals surface area contributed by atoms with Gasteiger partial charge in [-0.3, -0.25) is 9.59 Å². The molecule has 0 aromatic carbocycles. The van der Waals surface area contributed by atoms with Crippen molar-refractivity contribution in [3.63, 3.8) is 0 Å². The molecule has 1 fully saturated rings. The van der Waals surface area contributed by atoms with Crippen LogP contribution in [0, 0.1) is 5.92 Å². The molecule has 0 saturated carbocycles. The monoisotopic (exact) mass is 328 g/mol. The van der Waals surface area contributed by atoms with Gasteiger partial charge in [-0.05, 0) is 5.92 Å². The minimum atomic E-state index is -1.16. The zero-order valence-corrected chi connectivity index (χ0v) is 12.8. The van der Waals surface area contributed by atoms with Gasteiger partial charge in [0, 0.05) is 37.9 Å². The second-order valence-corrected chi connectivity index (χ2v) is 6.29. The molecule has 2 heterocycles. The molecule has 2 rings (SSSR count). The number of thioether (sulfide) groups is 1. The van der Waals surface area contributed by atoms with E-state index in [4.69, 9.17) is 11.6 Å². The Morgan fingerprint density at radius 3 is 2.90 bits per heavy atom. The van der Waals surface area contributed by atoms with E-state index in [1.165, 1.54) is 29.7 Å². The van der Waals surface area contributed by atoms with Crippen LogP contribution in [-0.4, -0.2) is 39.4 Å². The smallest absolute Gasteiger partial charge is 0.339 e. The van der Waals surface area contributed by atoms with Gasteiger partial charge in [0.1, 0.15) is 10.7 Å². The first-order valence-electron chi connectivity index (χ1n) is 6.21. The molecular formula is C13H13ClN2O4S. The molecule has 0 aliphatic carbocycles. The summed E-state index contributed by atoms with van der Waals surface area (Å²) in [6.45, 7) is 1.85. The number of hydrogen-bond donors (Lipinski definition) is 1. The van der Waals surface area contributed by atoms with Gasteiger partial charge >= 0.3 is 5.97 Å². The lowest BCUT2D eigenvalue weighted by Crippen LogP contribution is -2.27. The first-order chi connectivity index (χ1) is 9.88. The summed E-state index contributed by atoms with van der Waals surface area (Å²) in [6, 6.07) is 1.38. The van der Waals surface area contributed by atoms with Crippen LogP contribution in [0.2, 0.25) is 5.15 Å². The Hall–Kier alpha value is -1.60. The maximum Gasteiger partial charge on any atom is 0.339 e. The van der Waals surface area contributed by atoms with E-state index in [-0.39, 0.29) is 33.3 Å². The first kappa shape index (κ1) is 15.8. The maximum atomic E-state index is 12.1. The summed E-state index contributed by atoms with van der Waals surface area (Å²) in [6.07, 6.45) is 1.43. The first-order valence-corrected chi connectivity index (χ1v) is 7.57. The summed E-state index contributed by atoms with van der Waals surface area (Å²) in [7, 11) is 0. The van der Waals surface area contributed by atoms with Crippen molar-refractivity contribution in [3.05, 3.63) is 23.0 Å². The molecule has 1 unspecified atom stereocenters. The number of hydrogen-bond acceptors (Lipinski definition) is 5. The van der Waals surface area contributed by atoms with Crippen LogP contribution >= 0.6 is 23.4 Å². The van der Waals surface area contributed by atoms with Crippen molar-refractivity contribution in [2.75, 3.05) is 17.2 Å². The van der Waals surface area contributed by atoms with Crippen LogP contribution in [0.4, 0.5) is 5.69 Å². The van der Waals surface area contributed by atoms with Gasteiger partial charge < -0.3 is 10.0 Å². The Kier molecular flexibility index (Phi) is 4.84. The second-order valence-electron chi connectivity index (χ2n) is 4.71. The van der Waals surface area contributed by atoms with Crippen LogP contribution in [-0.2, 0) is 9.59 Å². The molecule has 112 valence electrons. The third-order valence-corrected chi connectivity index (χ3v) is 4.35. The third kappa shape index (κ3) is 3.74. The normalized spacial score (nSPS) is 18.1. The summed E-state index contributed by atoms with van der Waals surface area (Å²) in [5.74, 6) is -0.781. The fourth-order valence-electron chi connectivity index (χ4n) is 2.17. The van der Waals surface area contributed by atoms with Gasteiger partial charge in [-0.15, -0.1) is 0 Å². The van der Waals surface area contributed by atoms with Gasteiger partial charge in [-0.25, -0.2) is 9.78 Å². The van der Waals surface area contributed by atoms with E-state index in [9.17, 15) is 19.5 Å². The molecule has 1 saturated heterocycles. The Morgan fingerprint density at radius 1 is 1.57 bits per heavy atom. The number of aromatic carboxylic acids is 1. The Morgan fingerprint density at radius 2 is 2.29 bits per heavy atom. The van der Waals surface area contributed by atoms with Crippen LogP contribution < -0.4 is 4.90 Å². The molecule has 1 amide bonds. The molecule has 1 atom stereocenters. The Labute approximate surface area is 130 Å². The maximum absolute atomic E-state index is 12.1. The predicted molar refractivity (Wildman–Crippen MR) is 79.8 cm³/mol. The molecule has 6 nitrogen and oxygen atoms in total. The SMILES string of the molecule is CC(=O)SCC1CC(=O)N(c2cc(Cl)ncc2C(=O)O)C1. The quantitative estimate of drug-likeness (QED) is 0.851. The number of amides is 1. The second kappa shape index (κ2) is 6.44. The van der Waals surface area contributed by atoms with Crippen LogP contribution in [0.5, 0.6) is 0 Å². The van der Waals surface area contributed by atoms with Crippen LogP contribution in [0.3, 0.4) is 0 Å². The number of carboxylic acids is 1. The van der Waals surface area contributed by atoms with Gasteiger partial charge in [0.2, 0.25) is 5.91 Å². The van der Waals surface area contributed by atoms with Crippen LogP contribution in [0.1, 0.15) is 23.7 Å². The zero-order chi connectivity index (χ0) is 15.6. The molecule has 1 aromatic heterocycles. The lowest BCUT2D eigenvalue weighted by Gasteiger charge is -2.18. The lowest BCUT2D eigenvalue weighted by molar-refractivity contribution is -0.117. The summed E-state index contributed by atoms with van der Waals surface area (Å²) in [5.41, 5.74) is 0.190. The third-order valence-electron chi connectivity index (χ3n) is 3.10. The number of nitrogens with zero attached hydrogens (tertiary/aromatic N) is 2. The van der Waals surface area contributed by atoms with Crippen molar-refractivity contribution in [2.45, 2.75) is 13.3 Å². The van der Waals surface area contributed by atoms with E-state index < -0.39 is 5.97 Å². The van der Waals surface area contributed by atoms with E-state index in [0.717, 1.165) is 6.20 Å². The molecule has 0 spiro atoms. The van der Waals surface area contributed by atoms with E-state index in [1.54, 1.807) is 0 Å². The average Bonchev–Trinajstić information content (AvgIpc) is 2.77. The van der Waals surface area contributed by atoms with Crippen molar-refractivity contribution in [1.29, 1.82) is 0 Å². The van der Waals surface area contributed by atoms with Crippen molar-refractivity contribution in [1.82, 2.24) is 4.98 Å². The lowest BCUT2D eigenvalue weighted by atomic mass is 10.1. The van der Waals surface area contributed by atoms with Gasteiger partial charge in [-0.1, -0.05) is 23.4 Å².